The summed E-state index contributed by atoms with van der Waals surface area (Å²) in [6, 6.07) is 4.08. The first-order valence-electron chi connectivity index (χ1n) is 7.48. The number of aliphatic imine (C=N–C) groups is 1. The topological polar surface area (TPSA) is 42.8 Å². The molecule has 0 saturated heterocycles. The lowest BCUT2D eigenvalue weighted by atomic mass is 9.39. The summed E-state index contributed by atoms with van der Waals surface area (Å²) in [6.45, 7) is 0.494. The van der Waals surface area contributed by atoms with E-state index in [9.17, 15) is 0 Å². The van der Waals surface area contributed by atoms with Crippen molar-refractivity contribution in [2.75, 3.05) is 6.61 Å². The Morgan fingerprint density at radius 1 is 1.10 bits per heavy atom. The molecule has 4 nitrogen and oxygen atoms in total. The van der Waals surface area contributed by atoms with Gasteiger partial charge in [-0.05, 0) is 17.5 Å². The molecule has 0 aliphatic carbocycles. The molecule has 0 bridgehead atoms. The van der Waals surface area contributed by atoms with Gasteiger partial charge in [0.15, 0.2) is 17.6 Å². The highest BCUT2D eigenvalue weighted by atomic mass is 16.6. The monoisotopic (exact) mass is 276 g/mol. The van der Waals surface area contributed by atoms with Gasteiger partial charge in [0.05, 0.1) is 0 Å². The van der Waals surface area contributed by atoms with Gasteiger partial charge < -0.3 is 14.8 Å². The zero-order chi connectivity index (χ0) is 15.4. The lowest BCUT2D eigenvalue weighted by Gasteiger charge is -2.34. The van der Waals surface area contributed by atoms with Gasteiger partial charge in [0.2, 0.25) is 0 Å². The van der Waals surface area contributed by atoms with Crippen LogP contribution in [0.5, 0.6) is 11.5 Å². The number of ether oxygens (including phenoxy) is 2. The molecule has 1 N–H and O–H groups in total. The van der Waals surface area contributed by atoms with Crippen LogP contribution in [-0.4, -0.2) is 76.3 Å². The molecule has 3 rings (SSSR count). The largest absolute Gasteiger partial charge is 0.485 e. The lowest BCUT2D eigenvalue weighted by molar-refractivity contribution is 0.133. The third-order valence-electron chi connectivity index (χ3n) is 4.89. The third-order valence-corrected chi connectivity index (χ3v) is 4.89. The number of fused-ring (bicyclic) bond motifs is 1. The second-order valence-corrected chi connectivity index (χ2v) is 7.11. The van der Waals surface area contributed by atoms with Crippen LogP contribution >= 0.6 is 0 Å². The van der Waals surface area contributed by atoms with E-state index in [4.69, 9.17) is 14.5 Å². The molecule has 2 heterocycles. The summed E-state index contributed by atoms with van der Waals surface area (Å²) in [5.74, 6) is 2.52. The van der Waals surface area contributed by atoms with Crippen LogP contribution in [0.3, 0.4) is 0 Å². The molecule has 0 fully saturated rings. The van der Waals surface area contributed by atoms with Crippen molar-refractivity contribution in [3.05, 3.63) is 12.1 Å². The highest BCUT2D eigenvalue weighted by Gasteiger charge is 2.44. The molecule has 21 heavy (non-hydrogen) atoms. The fourth-order valence-electron chi connectivity index (χ4n) is 2.55. The van der Waals surface area contributed by atoms with Crippen molar-refractivity contribution in [3.8, 4) is 11.5 Å². The SMILES string of the molecule is Bc1cc2c(cc1B)OC(C1=NC(B)(B)C(B)(B)N1)CO2. The fraction of sp³-hybridized carbons (Fsp3) is 0.364. The quantitative estimate of drug-likeness (QED) is 0.518. The standard InChI is InChI=1S/C11H18B6N2O2/c12-4-1-6-7(2-5(4)13)21-8(3-20-6)9-18-10(14,15)11(16,17)19-9/h1-2,8H,3,12-17H2,(H,18,19). The van der Waals surface area contributed by atoms with Crippen LogP contribution in [0, 0.1) is 0 Å². The first-order chi connectivity index (χ1) is 9.69. The van der Waals surface area contributed by atoms with Crippen LogP contribution in [0.25, 0.3) is 0 Å². The average Bonchev–Trinajstić information content (AvgIpc) is 2.59. The van der Waals surface area contributed by atoms with E-state index < -0.39 is 0 Å². The van der Waals surface area contributed by atoms with Crippen LogP contribution < -0.4 is 25.7 Å². The summed E-state index contributed by atoms with van der Waals surface area (Å²) in [7, 11) is 12.8. The van der Waals surface area contributed by atoms with E-state index >= 15 is 0 Å². The molecule has 0 amide bonds. The van der Waals surface area contributed by atoms with Gasteiger partial charge in [-0.25, -0.2) is 0 Å². The van der Waals surface area contributed by atoms with Crippen LogP contribution in [0.4, 0.5) is 0 Å². The van der Waals surface area contributed by atoms with E-state index in [1.54, 1.807) is 0 Å². The summed E-state index contributed by atoms with van der Waals surface area (Å²) in [5, 5.41) is 3.25. The van der Waals surface area contributed by atoms with Crippen molar-refractivity contribution < 1.29 is 9.47 Å². The Morgan fingerprint density at radius 3 is 2.29 bits per heavy atom. The van der Waals surface area contributed by atoms with Crippen molar-refractivity contribution in [2.24, 2.45) is 4.99 Å². The van der Waals surface area contributed by atoms with Gasteiger partial charge in [-0.1, -0.05) is 10.9 Å². The van der Waals surface area contributed by atoms with Crippen LogP contribution in [-0.2, 0) is 0 Å². The van der Waals surface area contributed by atoms with E-state index in [0.717, 1.165) is 17.3 Å². The summed E-state index contributed by atoms with van der Waals surface area (Å²) < 4.78 is 12.0. The van der Waals surface area contributed by atoms with E-state index in [-0.39, 0.29) is 16.8 Å². The first kappa shape index (κ1) is 14.6. The van der Waals surface area contributed by atoms with E-state index in [1.807, 2.05) is 12.1 Å². The van der Waals surface area contributed by atoms with Gasteiger partial charge in [0, 0.05) is 5.34 Å². The number of benzene rings is 1. The fourth-order valence-corrected chi connectivity index (χ4v) is 2.55. The van der Waals surface area contributed by atoms with E-state index in [2.05, 4.69) is 52.4 Å². The van der Waals surface area contributed by atoms with Crippen LogP contribution in [0.1, 0.15) is 0 Å². The number of rotatable bonds is 1. The minimum absolute atomic E-state index is 0.0881. The van der Waals surface area contributed by atoms with Gasteiger partial charge in [-0.15, -0.1) is 0 Å². The minimum Gasteiger partial charge on any atom is -0.485 e. The molecule has 0 spiro atoms. The van der Waals surface area contributed by atoms with E-state index in [1.165, 1.54) is 10.9 Å². The summed E-state index contributed by atoms with van der Waals surface area (Å²) in [5.41, 5.74) is 2.43. The number of nitrogens with zero attached hydrogens (tertiary/aromatic N) is 1. The number of nitrogens with one attached hydrogen (secondary N) is 1. The Morgan fingerprint density at radius 2 is 1.71 bits per heavy atom. The molecule has 1 aromatic rings. The number of amidine groups is 1. The summed E-state index contributed by atoms with van der Waals surface area (Å²) in [4.78, 5) is 4.81. The summed E-state index contributed by atoms with van der Waals surface area (Å²) in [6.07, 6.45) is -0.166. The molecule has 2 aliphatic rings. The van der Waals surface area contributed by atoms with Gasteiger partial charge in [-0.3, -0.25) is 4.99 Å². The average molecular weight is 275 g/mol. The predicted octanol–water partition coefficient (Wildman–Crippen LogP) is -6.82. The normalized spacial score (nSPS) is 25.0. The van der Waals surface area contributed by atoms with Gasteiger partial charge in [-0.2, -0.15) is 0 Å². The predicted molar refractivity (Wildman–Crippen MR) is 103 cm³/mol. The van der Waals surface area contributed by atoms with Crippen molar-refractivity contribution >= 4 is 63.8 Å². The molecule has 1 aromatic carbocycles. The maximum absolute atomic E-state index is 6.12. The second-order valence-electron chi connectivity index (χ2n) is 7.11. The van der Waals surface area contributed by atoms with Crippen molar-refractivity contribution in [3.63, 3.8) is 0 Å². The lowest BCUT2D eigenvalue weighted by Crippen LogP contribution is -2.61. The Labute approximate surface area is 131 Å². The van der Waals surface area contributed by atoms with Crippen molar-refractivity contribution in [1.29, 1.82) is 0 Å². The molecule has 10 heteroatoms. The number of hydrogen-bond donors (Lipinski definition) is 1. The van der Waals surface area contributed by atoms with E-state index in [0.29, 0.717) is 6.61 Å². The molecule has 0 radical (unpaired) electrons. The maximum Gasteiger partial charge on any atom is 0.189 e. The van der Waals surface area contributed by atoms with Gasteiger partial charge in [0.1, 0.15) is 59.5 Å². The minimum atomic E-state index is -0.166. The smallest absolute Gasteiger partial charge is 0.189 e. The molecule has 2 aliphatic heterocycles. The second kappa shape index (κ2) is 4.59. The van der Waals surface area contributed by atoms with Gasteiger partial charge in [0.25, 0.3) is 0 Å². The molecule has 1 unspecified atom stereocenters. The molecular weight excluding hydrogens is 257 g/mol. The first-order valence-corrected chi connectivity index (χ1v) is 7.48. The molecule has 102 valence electrons. The third kappa shape index (κ3) is 2.38. The zero-order valence-corrected chi connectivity index (χ0v) is 13.7. The Hall–Kier alpha value is -1.32. The van der Waals surface area contributed by atoms with Crippen LogP contribution in [0.2, 0.25) is 0 Å². The Bertz CT molecular complexity index is 633. The van der Waals surface area contributed by atoms with Gasteiger partial charge >= 0.3 is 0 Å². The van der Waals surface area contributed by atoms with Crippen molar-refractivity contribution in [1.82, 2.24) is 5.32 Å². The molecule has 1 atom stereocenters. The Kier molecular flexibility index (Phi) is 3.19. The summed E-state index contributed by atoms with van der Waals surface area (Å²) >= 11 is 0. The zero-order valence-electron chi connectivity index (χ0n) is 13.7. The Balaban J connectivity index is 1.86. The number of hydrogen-bond acceptors (Lipinski definition) is 4. The molecule has 0 aromatic heterocycles. The molecule has 0 saturated carbocycles. The van der Waals surface area contributed by atoms with Crippen molar-refractivity contribution in [2.45, 2.75) is 16.8 Å². The molecular formula is C11H18B6N2O2. The van der Waals surface area contributed by atoms with Crippen LogP contribution in [0.15, 0.2) is 17.1 Å². The maximum atomic E-state index is 6.12. The highest BCUT2D eigenvalue weighted by molar-refractivity contribution is 6.56. The highest BCUT2D eigenvalue weighted by Crippen LogP contribution is 2.31.